The Labute approximate surface area is 143 Å². The molecule has 7 heteroatoms. The van der Waals surface area contributed by atoms with Crippen molar-refractivity contribution in [3.8, 4) is 0 Å². The molecule has 0 fully saturated rings. The van der Waals surface area contributed by atoms with Crippen LogP contribution in [0.15, 0.2) is 43.0 Å². The Morgan fingerprint density at radius 1 is 1.16 bits per heavy atom. The minimum atomic E-state index is -4.56. The Kier molecular flexibility index (Phi) is 4.57. The number of halogens is 3. The lowest BCUT2D eigenvalue weighted by Gasteiger charge is -2.19. The molecule has 0 aliphatic carbocycles. The minimum Gasteiger partial charge on any atom is -0.348 e. The summed E-state index contributed by atoms with van der Waals surface area (Å²) < 4.78 is 38.6. The molecule has 4 nitrogen and oxygen atoms in total. The van der Waals surface area contributed by atoms with E-state index in [1.165, 1.54) is 6.07 Å². The van der Waals surface area contributed by atoms with Crippen LogP contribution in [0.5, 0.6) is 0 Å². The van der Waals surface area contributed by atoms with Gasteiger partial charge in [0.15, 0.2) is 0 Å². The fourth-order valence-electron chi connectivity index (χ4n) is 2.85. The molecule has 130 valence electrons. The van der Waals surface area contributed by atoms with Gasteiger partial charge in [0, 0.05) is 36.1 Å². The second kappa shape index (κ2) is 6.66. The number of H-pyrrole nitrogens is 1. The van der Waals surface area contributed by atoms with Gasteiger partial charge in [-0.1, -0.05) is 18.2 Å². The Hall–Kier alpha value is -2.70. The van der Waals surface area contributed by atoms with Crippen molar-refractivity contribution < 1.29 is 13.2 Å². The smallest absolute Gasteiger partial charge is 0.348 e. The van der Waals surface area contributed by atoms with Gasteiger partial charge in [-0.15, -0.1) is 0 Å². The Morgan fingerprint density at radius 3 is 2.64 bits per heavy atom. The first kappa shape index (κ1) is 17.1. The summed E-state index contributed by atoms with van der Waals surface area (Å²) in [6.45, 7) is 4.02. The fraction of sp³-hybridized carbons (Fsp3) is 0.278. The summed E-state index contributed by atoms with van der Waals surface area (Å²) in [7, 11) is 0. The highest BCUT2D eigenvalue weighted by molar-refractivity contribution is 5.40. The third-order valence-electron chi connectivity index (χ3n) is 4.30. The van der Waals surface area contributed by atoms with E-state index in [0.29, 0.717) is 12.1 Å². The van der Waals surface area contributed by atoms with Gasteiger partial charge in [0.25, 0.3) is 0 Å². The normalized spacial score (nSPS) is 13.0. The van der Waals surface area contributed by atoms with Crippen LogP contribution in [0.2, 0.25) is 0 Å². The molecule has 2 heterocycles. The van der Waals surface area contributed by atoms with E-state index in [-0.39, 0.29) is 5.92 Å². The van der Waals surface area contributed by atoms with E-state index in [4.69, 9.17) is 0 Å². The first-order valence-electron chi connectivity index (χ1n) is 7.79. The van der Waals surface area contributed by atoms with Gasteiger partial charge in [0.2, 0.25) is 5.82 Å². The topological polar surface area (TPSA) is 54.5 Å². The number of benzene rings is 1. The van der Waals surface area contributed by atoms with Gasteiger partial charge in [-0.3, -0.25) is 0 Å². The van der Waals surface area contributed by atoms with Crippen LogP contribution in [-0.2, 0) is 12.6 Å². The zero-order valence-electron chi connectivity index (χ0n) is 13.8. The number of nitrogens with zero attached hydrogens (tertiary/aromatic N) is 3. The number of imidazole rings is 1. The van der Waals surface area contributed by atoms with Crippen LogP contribution in [0.4, 0.5) is 13.2 Å². The molecule has 3 aromatic rings. The number of rotatable bonds is 4. The van der Waals surface area contributed by atoms with Crippen LogP contribution in [-0.4, -0.2) is 19.9 Å². The third kappa shape index (κ3) is 3.70. The molecule has 0 bridgehead atoms. The van der Waals surface area contributed by atoms with Crippen molar-refractivity contribution in [1.82, 2.24) is 19.9 Å². The summed E-state index contributed by atoms with van der Waals surface area (Å²) in [5, 5.41) is 0. The maximum Gasteiger partial charge on any atom is 0.451 e. The highest BCUT2D eigenvalue weighted by Crippen LogP contribution is 2.31. The number of hydrogen-bond acceptors (Lipinski definition) is 3. The van der Waals surface area contributed by atoms with E-state index in [1.807, 2.05) is 32.0 Å². The molecular weight excluding hydrogens is 329 g/mol. The van der Waals surface area contributed by atoms with Gasteiger partial charge in [-0.05, 0) is 36.6 Å². The van der Waals surface area contributed by atoms with Crippen molar-refractivity contribution in [3.63, 3.8) is 0 Å². The van der Waals surface area contributed by atoms with Gasteiger partial charge in [0.05, 0.1) is 6.33 Å². The van der Waals surface area contributed by atoms with E-state index in [0.717, 1.165) is 28.6 Å². The zero-order chi connectivity index (χ0) is 18.0. The van der Waals surface area contributed by atoms with Crippen LogP contribution in [0.3, 0.4) is 0 Å². The molecule has 2 aromatic heterocycles. The Balaban J connectivity index is 2.01. The molecule has 0 unspecified atom stereocenters. The van der Waals surface area contributed by atoms with E-state index < -0.39 is 12.0 Å². The van der Waals surface area contributed by atoms with E-state index in [9.17, 15) is 13.2 Å². The largest absolute Gasteiger partial charge is 0.451 e. The molecule has 0 aliphatic heterocycles. The van der Waals surface area contributed by atoms with Crippen molar-refractivity contribution in [1.29, 1.82) is 0 Å². The third-order valence-corrected chi connectivity index (χ3v) is 4.30. The van der Waals surface area contributed by atoms with Crippen molar-refractivity contribution in [3.05, 3.63) is 76.9 Å². The number of alkyl halides is 3. The summed E-state index contributed by atoms with van der Waals surface area (Å²) >= 11 is 0. The summed E-state index contributed by atoms with van der Waals surface area (Å²) in [6, 6.07) is 7.46. The van der Waals surface area contributed by atoms with Crippen LogP contribution in [0, 0.1) is 13.8 Å². The number of aromatic amines is 1. The molecule has 1 atom stereocenters. The van der Waals surface area contributed by atoms with E-state index in [1.54, 1.807) is 12.5 Å². The number of hydrogen-bond donors (Lipinski definition) is 1. The van der Waals surface area contributed by atoms with Crippen molar-refractivity contribution in [2.75, 3.05) is 0 Å². The molecule has 0 spiro atoms. The van der Waals surface area contributed by atoms with Crippen molar-refractivity contribution in [2.24, 2.45) is 0 Å². The predicted octanol–water partition coefficient (Wildman–Crippen LogP) is 4.21. The molecule has 0 aliphatic rings. The molecule has 0 radical (unpaired) electrons. The summed E-state index contributed by atoms with van der Waals surface area (Å²) in [5.41, 5.74) is 4.44. The first-order chi connectivity index (χ1) is 11.9. The Bertz CT molecular complexity index is 857. The van der Waals surface area contributed by atoms with Crippen LogP contribution in [0.25, 0.3) is 0 Å². The first-order valence-corrected chi connectivity index (χ1v) is 7.79. The maximum atomic E-state index is 12.9. The summed E-state index contributed by atoms with van der Waals surface area (Å²) in [5.74, 6) is -1.28. The molecule has 3 rings (SSSR count). The monoisotopic (exact) mass is 346 g/mol. The van der Waals surface area contributed by atoms with Gasteiger partial charge >= 0.3 is 6.18 Å². The molecule has 0 saturated heterocycles. The standard InChI is InChI=1S/C18H17F3N4/c1-11-4-3-5-14(12(11)2)15(16-9-22-10-24-16)8-13-6-7-23-17(25-13)18(19,20)21/h3-7,9-10,15H,8H2,1-2H3,(H,22,24)/t15-/m1/s1. The van der Waals surface area contributed by atoms with Crippen LogP contribution in [0.1, 0.15) is 39.8 Å². The second-order valence-electron chi connectivity index (χ2n) is 5.92. The average Bonchev–Trinajstić information content (AvgIpc) is 3.09. The molecule has 25 heavy (non-hydrogen) atoms. The summed E-state index contributed by atoms with van der Waals surface area (Å²) in [6.07, 6.45) is 0.169. The van der Waals surface area contributed by atoms with Gasteiger partial charge < -0.3 is 4.98 Å². The van der Waals surface area contributed by atoms with E-state index in [2.05, 4.69) is 19.9 Å². The molecule has 1 aromatic carbocycles. The highest BCUT2D eigenvalue weighted by atomic mass is 19.4. The number of aromatic nitrogens is 4. The van der Waals surface area contributed by atoms with E-state index >= 15 is 0 Å². The molecule has 1 N–H and O–H groups in total. The minimum absolute atomic E-state index is 0.168. The highest BCUT2D eigenvalue weighted by Gasteiger charge is 2.34. The fourth-order valence-corrected chi connectivity index (χ4v) is 2.85. The van der Waals surface area contributed by atoms with Gasteiger partial charge in [0.1, 0.15) is 0 Å². The lowest BCUT2D eigenvalue weighted by Crippen LogP contribution is -2.14. The van der Waals surface area contributed by atoms with Crippen LogP contribution >= 0.6 is 0 Å². The lowest BCUT2D eigenvalue weighted by molar-refractivity contribution is -0.145. The molecular formula is C18H17F3N4. The lowest BCUT2D eigenvalue weighted by atomic mass is 9.87. The van der Waals surface area contributed by atoms with Crippen molar-refractivity contribution >= 4 is 0 Å². The molecule has 0 amide bonds. The maximum absolute atomic E-state index is 12.9. The number of nitrogens with one attached hydrogen (secondary N) is 1. The van der Waals surface area contributed by atoms with Crippen molar-refractivity contribution in [2.45, 2.75) is 32.4 Å². The average molecular weight is 346 g/mol. The zero-order valence-corrected chi connectivity index (χ0v) is 13.8. The second-order valence-corrected chi connectivity index (χ2v) is 5.92. The predicted molar refractivity (Wildman–Crippen MR) is 87.1 cm³/mol. The van der Waals surface area contributed by atoms with Gasteiger partial charge in [-0.2, -0.15) is 13.2 Å². The SMILES string of the molecule is Cc1cccc([C@@H](Cc2ccnc(C(F)(F)F)n2)c2cnc[nH]2)c1C. The van der Waals surface area contributed by atoms with Gasteiger partial charge in [-0.25, -0.2) is 15.0 Å². The Morgan fingerprint density at radius 2 is 1.96 bits per heavy atom. The molecule has 0 saturated carbocycles. The quantitative estimate of drug-likeness (QED) is 0.770. The number of aryl methyl sites for hydroxylation is 1. The summed E-state index contributed by atoms with van der Waals surface area (Å²) in [4.78, 5) is 14.2. The van der Waals surface area contributed by atoms with Crippen LogP contribution < -0.4 is 0 Å².